The van der Waals surface area contributed by atoms with Gasteiger partial charge in [0, 0.05) is 30.8 Å². The Bertz CT molecular complexity index is 694. The summed E-state index contributed by atoms with van der Waals surface area (Å²) in [6, 6.07) is 3.74. The summed E-state index contributed by atoms with van der Waals surface area (Å²) in [6.07, 6.45) is 7.02. The topological polar surface area (TPSA) is 86.3 Å². The van der Waals surface area contributed by atoms with Crippen molar-refractivity contribution in [3.8, 4) is 5.95 Å². The first-order chi connectivity index (χ1) is 10.2. The Morgan fingerprint density at radius 2 is 1.95 bits per heavy atom. The van der Waals surface area contributed by atoms with Gasteiger partial charge in [-0.1, -0.05) is 0 Å². The van der Waals surface area contributed by atoms with E-state index in [2.05, 4.69) is 30.5 Å². The molecule has 108 valence electrons. The van der Waals surface area contributed by atoms with Crippen LogP contribution in [0.5, 0.6) is 0 Å². The lowest BCUT2D eigenvalue weighted by Gasteiger charge is -2.14. The summed E-state index contributed by atoms with van der Waals surface area (Å²) in [5.74, 6) is 0.772. The molecule has 0 radical (unpaired) electrons. The number of hydrogen-bond donors (Lipinski definition) is 1. The zero-order valence-electron chi connectivity index (χ0n) is 11.3. The molecule has 0 aliphatic rings. The van der Waals surface area contributed by atoms with Gasteiger partial charge in [0.1, 0.15) is 0 Å². The Kier molecular flexibility index (Phi) is 3.78. The number of nitrogens with one attached hydrogen (secondary N) is 1. The molecule has 1 unspecified atom stereocenters. The van der Waals surface area contributed by atoms with Crippen molar-refractivity contribution in [2.45, 2.75) is 19.5 Å². The van der Waals surface area contributed by atoms with Crippen LogP contribution in [0.2, 0.25) is 5.28 Å². The van der Waals surface area contributed by atoms with E-state index in [-0.39, 0.29) is 11.3 Å². The summed E-state index contributed by atoms with van der Waals surface area (Å²) in [6.45, 7) is 2.69. The Balaban J connectivity index is 1.76. The smallest absolute Gasteiger partial charge is 0.256 e. The molecular formula is C12H13ClN8. The van der Waals surface area contributed by atoms with E-state index >= 15 is 0 Å². The van der Waals surface area contributed by atoms with Crippen LogP contribution < -0.4 is 5.32 Å². The second-order valence-corrected chi connectivity index (χ2v) is 4.79. The van der Waals surface area contributed by atoms with Gasteiger partial charge in [0.05, 0.1) is 6.54 Å². The van der Waals surface area contributed by atoms with E-state index in [0.29, 0.717) is 18.4 Å². The highest BCUT2D eigenvalue weighted by Crippen LogP contribution is 2.10. The van der Waals surface area contributed by atoms with Crippen molar-refractivity contribution in [1.82, 2.24) is 34.5 Å². The molecule has 0 amide bonds. The lowest BCUT2D eigenvalue weighted by atomic mass is 10.3. The van der Waals surface area contributed by atoms with E-state index in [9.17, 15) is 0 Å². The minimum absolute atomic E-state index is 0.0776. The zero-order valence-corrected chi connectivity index (χ0v) is 12.0. The van der Waals surface area contributed by atoms with Gasteiger partial charge in [-0.3, -0.25) is 4.68 Å². The largest absolute Gasteiger partial charge is 0.350 e. The van der Waals surface area contributed by atoms with Gasteiger partial charge in [-0.15, -0.1) is 0 Å². The van der Waals surface area contributed by atoms with Gasteiger partial charge < -0.3 is 5.32 Å². The Labute approximate surface area is 125 Å². The summed E-state index contributed by atoms with van der Waals surface area (Å²) in [5.41, 5.74) is 0. The Hall–Kier alpha value is -2.48. The van der Waals surface area contributed by atoms with E-state index < -0.39 is 0 Å². The van der Waals surface area contributed by atoms with E-state index in [0.717, 1.165) is 0 Å². The number of anilines is 1. The zero-order chi connectivity index (χ0) is 14.7. The number of aromatic nitrogens is 7. The van der Waals surface area contributed by atoms with Crippen molar-refractivity contribution < 1.29 is 0 Å². The molecule has 0 aromatic carbocycles. The molecular weight excluding hydrogens is 292 g/mol. The Morgan fingerprint density at radius 1 is 1.14 bits per heavy atom. The van der Waals surface area contributed by atoms with Crippen LogP contribution in [0.1, 0.15) is 6.92 Å². The first-order valence-electron chi connectivity index (χ1n) is 6.36. The Morgan fingerprint density at radius 3 is 2.67 bits per heavy atom. The summed E-state index contributed by atoms with van der Waals surface area (Å²) in [5, 5.41) is 11.5. The maximum Gasteiger partial charge on any atom is 0.256 e. The van der Waals surface area contributed by atoms with Gasteiger partial charge in [0.25, 0.3) is 5.95 Å². The lowest BCUT2D eigenvalue weighted by Crippen LogP contribution is -2.24. The van der Waals surface area contributed by atoms with Gasteiger partial charge in [-0.25, -0.2) is 4.68 Å². The number of hydrogen-bond acceptors (Lipinski definition) is 6. The van der Waals surface area contributed by atoms with Crippen molar-refractivity contribution in [2.24, 2.45) is 0 Å². The summed E-state index contributed by atoms with van der Waals surface area (Å²) < 4.78 is 3.35. The first-order valence-corrected chi connectivity index (χ1v) is 6.74. The molecule has 21 heavy (non-hydrogen) atoms. The third-order valence-corrected chi connectivity index (χ3v) is 2.87. The minimum Gasteiger partial charge on any atom is -0.350 e. The van der Waals surface area contributed by atoms with Gasteiger partial charge in [0.2, 0.25) is 11.2 Å². The standard InChI is InChI=1S/C12H13ClN8/c1-9(8-20-6-2-4-14-20)16-11-17-10(13)18-12(19-11)21-7-3-5-15-21/h2-7,9H,8H2,1H3,(H,16,17,18,19). The monoisotopic (exact) mass is 304 g/mol. The molecule has 9 heteroatoms. The predicted molar refractivity (Wildman–Crippen MR) is 77.3 cm³/mol. The number of halogens is 1. The van der Waals surface area contributed by atoms with Crippen molar-refractivity contribution in [2.75, 3.05) is 5.32 Å². The maximum atomic E-state index is 5.93. The molecule has 3 aromatic heterocycles. The van der Waals surface area contributed by atoms with E-state index in [1.165, 1.54) is 4.68 Å². The third kappa shape index (κ3) is 3.34. The molecule has 3 aromatic rings. The van der Waals surface area contributed by atoms with Crippen LogP contribution in [0.4, 0.5) is 5.95 Å². The molecule has 0 fully saturated rings. The van der Waals surface area contributed by atoms with Gasteiger partial charge >= 0.3 is 0 Å². The molecule has 3 rings (SSSR count). The SMILES string of the molecule is CC(Cn1cccn1)Nc1nc(Cl)nc(-n2cccn2)n1. The van der Waals surface area contributed by atoms with E-state index in [4.69, 9.17) is 11.6 Å². The summed E-state index contributed by atoms with van der Waals surface area (Å²) in [7, 11) is 0. The highest BCUT2D eigenvalue weighted by molar-refractivity contribution is 6.28. The van der Waals surface area contributed by atoms with Gasteiger partial charge in [-0.05, 0) is 30.7 Å². The average molecular weight is 305 g/mol. The number of nitrogens with zero attached hydrogens (tertiary/aromatic N) is 7. The maximum absolute atomic E-state index is 5.93. The van der Waals surface area contributed by atoms with E-state index in [1.807, 2.05) is 23.9 Å². The van der Waals surface area contributed by atoms with Crippen LogP contribution in [0.15, 0.2) is 36.9 Å². The summed E-state index contributed by atoms with van der Waals surface area (Å²) in [4.78, 5) is 12.4. The second kappa shape index (κ2) is 5.88. The van der Waals surface area contributed by atoms with Crippen molar-refractivity contribution in [1.29, 1.82) is 0 Å². The normalized spacial score (nSPS) is 12.3. The molecule has 0 aliphatic carbocycles. The molecule has 1 atom stereocenters. The molecule has 0 spiro atoms. The van der Waals surface area contributed by atoms with Crippen LogP contribution >= 0.6 is 11.6 Å². The quantitative estimate of drug-likeness (QED) is 0.767. The predicted octanol–water partition coefficient (Wildman–Crippen LogP) is 1.41. The highest BCUT2D eigenvalue weighted by Gasteiger charge is 2.10. The van der Waals surface area contributed by atoms with Crippen LogP contribution in [-0.2, 0) is 6.54 Å². The number of rotatable bonds is 5. The van der Waals surface area contributed by atoms with Crippen LogP contribution in [0.3, 0.4) is 0 Å². The highest BCUT2D eigenvalue weighted by atomic mass is 35.5. The fourth-order valence-corrected chi connectivity index (χ4v) is 2.00. The third-order valence-electron chi connectivity index (χ3n) is 2.70. The van der Waals surface area contributed by atoms with Gasteiger partial charge in [-0.2, -0.15) is 25.1 Å². The molecule has 8 nitrogen and oxygen atoms in total. The second-order valence-electron chi connectivity index (χ2n) is 4.45. The molecule has 1 N–H and O–H groups in total. The summed E-state index contributed by atoms with van der Waals surface area (Å²) >= 11 is 5.93. The van der Waals surface area contributed by atoms with Crippen molar-refractivity contribution in [3.05, 3.63) is 42.2 Å². The van der Waals surface area contributed by atoms with Crippen LogP contribution in [0.25, 0.3) is 5.95 Å². The minimum atomic E-state index is 0.0776. The molecule has 0 bridgehead atoms. The molecule has 0 saturated heterocycles. The first kappa shape index (κ1) is 13.5. The fourth-order valence-electron chi connectivity index (χ4n) is 1.85. The van der Waals surface area contributed by atoms with Crippen LogP contribution in [0, 0.1) is 0 Å². The van der Waals surface area contributed by atoms with Crippen molar-refractivity contribution >= 4 is 17.5 Å². The molecule has 0 saturated carbocycles. The van der Waals surface area contributed by atoms with Gasteiger partial charge in [0.15, 0.2) is 0 Å². The van der Waals surface area contributed by atoms with E-state index in [1.54, 1.807) is 24.7 Å². The molecule has 0 aliphatic heterocycles. The fraction of sp³-hybridized carbons (Fsp3) is 0.250. The van der Waals surface area contributed by atoms with Crippen LogP contribution in [-0.4, -0.2) is 40.6 Å². The lowest BCUT2D eigenvalue weighted by molar-refractivity contribution is 0.558. The van der Waals surface area contributed by atoms with Crippen molar-refractivity contribution in [3.63, 3.8) is 0 Å². The molecule has 3 heterocycles. The average Bonchev–Trinajstić information content (AvgIpc) is 3.10.